The summed E-state index contributed by atoms with van der Waals surface area (Å²) < 4.78 is 0. The maximum absolute atomic E-state index is 11.5. The number of carbonyl (C=O) groups is 1. The Kier molecular flexibility index (Phi) is 14.0. The van der Waals surface area contributed by atoms with Crippen LogP contribution in [0.4, 0.5) is 0 Å². The Morgan fingerprint density at radius 3 is 2.17 bits per heavy atom. The molecule has 0 saturated heterocycles. The highest BCUT2D eigenvalue weighted by Gasteiger charge is 2.00. The molecule has 0 rings (SSSR count). The lowest BCUT2D eigenvalue weighted by atomic mass is 10.1. The molecule has 0 heterocycles. The fraction of sp³-hybridized carbons (Fsp3) is 0.933. The van der Waals surface area contributed by atoms with E-state index in [9.17, 15) is 4.79 Å². The van der Waals surface area contributed by atoms with Crippen molar-refractivity contribution in [3.8, 4) is 0 Å². The number of hydrogen-bond acceptors (Lipinski definition) is 2. The average Bonchev–Trinajstić information content (AvgIpc) is 2.37. The third kappa shape index (κ3) is 13.5. The van der Waals surface area contributed by atoms with Gasteiger partial charge in [0.25, 0.3) is 0 Å². The van der Waals surface area contributed by atoms with Gasteiger partial charge in [-0.1, -0.05) is 51.9 Å². The molecular formula is C15H32N2O. The van der Waals surface area contributed by atoms with Crippen LogP contribution in [0.15, 0.2) is 0 Å². The van der Waals surface area contributed by atoms with Crippen molar-refractivity contribution in [2.45, 2.75) is 77.6 Å². The molecule has 0 spiro atoms. The van der Waals surface area contributed by atoms with Gasteiger partial charge in [-0.3, -0.25) is 4.79 Å². The molecule has 3 N–H and O–H groups in total. The minimum absolute atomic E-state index is 0.230. The second-order valence-corrected chi connectivity index (χ2v) is 5.07. The molecule has 1 amide bonds. The number of amides is 1. The molecule has 0 bridgehead atoms. The monoisotopic (exact) mass is 256 g/mol. The molecule has 0 aliphatic carbocycles. The summed E-state index contributed by atoms with van der Waals surface area (Å²) in [4.78, 5) is 11.5. The standard InChI is InChI=1S/C15H32N2O/c1-2-3-4-11-14-17-15(18)12-9-7-5-6-8-10-13-16/h2-14,16H2,1H3,(H,17,18). The Morgan fingerprint density at radius 2 is 1.50 bits per heavy atom. The molecule has 3 heteroatoms. The molecular weight excluding hydrogens is 224 g/mol. The maximum Gasteiger partial charge on any atom is 0.219 e. The van der Waals surface area contributed by atoms with Gasteiger partial charge in [0.2, 0.25) is 5.91 Å². The van der Waals surface area contributed by atoms with Gasteiger partial charge in [-0.15, -0.1) is 0 Å². The minimum atomic E-state index is 0.230. The van der Waals surface area contributed by atoms with Crippen LogP contribution in [0.2, 0.25) is 0 Å². The molecule has 0 aliphatic rings. The van der Waals surface area contributed by atoms with E-state index in [2.05, 4.69) is 12.2 Å². The van der Waals surface area contributed by atoms with Crippen molar-refractivity contribution < 1.29 is 4.79 Å². The zero-order valence-electron chi connectivity index (χ0n) is 12.2. The van der Waals surface area contributed by atoms with E-state index in [4.69, 9.17) is 5.73 Å². The Morgan fingerprint density at radius 1 is 0.889 bits per heavy atom. The first-order valence-electron chi connectivity index (χ1n) is 7.78. The minimum Gasteiger partial charge on any atom is -0.356 e. The average molecular weight is 256 g/mol. The van der Waals surface area contributed by atoms with E-state index in [1.54, 1.807) is 0 Å². The van der Waals surface area contributed by atoms with Gasteiger partial charge in [0, 0.05) is 13.0 Å². The molecule has 18 heavy (non-hydrogen) atoms. The predicted octanol–water partition coefficient (Wildman–Crippen LogP) is 3.37. The number of nitrogens with two attached hydrogens (primary N) is 1. The summed E-state index contributed by atoms with van der Waals surface area (Å²) >= 11 is 0. The van der Waals surface area contributed by atoms with Crippen molar-refractivity contribution in [1.82, 2.24) is 5.32 Å². The predicted molar refractivity (Wildman–Crippen MR) is 78.5 cm³/mol. The third-order valence-electron chi connectivity index (χ3n) is 3.21. The highest BCUT2D eigenvalue weighted by Crippen LogP contribution is 2.06. The number of unbranched alkanes of at least 4 members (excludes halogenated alkanes) is 8. The van der Waals surface area contributed by atoms with Crippen molar-refractivity contribution in [2.24, 2.45) is 5.73 Å². The Hall–Kier alpha value is -0.570. The summed E-state index contributed by atoms with van der Waals surface area (Å²) in [6, 6.07) is 0. The van der Waals surface area contributed by atoms with E-state index >= 15 is 0 Å². The van der Waals surface area contributed by atoms with Gasteiger partial charge in [0.15, 0.2) is 0 Å². The summed E-state index contributed by atoms with van der Waals surface area (Å²) in [6.07, 6.45) is 12.7. The topological polar surface area (TPSA) is 55.1 Å². The molecule has 0 aromatic heterocycles. The van der Waals surface area contributed by atoms with Gasteiger partial charge in [0.1, 0.15) is 0 Å². The van der Waals surface area contributed by atoms with Crippen molar-refractivity contribution in [2.75, 3.05) is 13.1 Å². The Labute approximate surface area is 113 Å². The van der Waals surface area contributed by atoms with E-state index in [1.807, 2.05) is 0 Å². The van der Waals surface area contributed by atoms with Crippen LogP contribution in [0, 0.1) is 0 Å². The number of rotatable bonds is 13. The van der Waals surface area contributed by atoms with Gasteiger partial charge in [-0.2, -0.15) is 0 Å². The summed E-state index contributed by atoms with van der Waals surface area (Å²) in [5.74, 6) is 0.230. The van der Waals surface area contributed by atoms with Crippen molar-refractivity contribution in [1.29, 1.82) is 0 Å². The Balaban J connectivity index is 3.12. The van der Waals surface area contributed by atoms with Crippen LogP contribution < -0.4 is 11.1 Å². The molecule has 0 unspecified atom stereocenters. The largest absolute Gasteiger partial charge is 0.356 e. The number of nitrogens with one attached hydrogen (secondary N) is 1. The lowest BCUT2D eigenvalue weighted by Crippen LogP contribution is -2.23. The highest BCUT2D eigenvalue weighted by atomic mass is 16.1. The zero-order chi connectivity index (χ0) is 13.5. The SMILES string of the molecule is CCCCCCNC(=O)CCCCCCCCN. The summed E-state index contributed by atoms with van der Waals surface area (Å²) in [5, 5.41) is 3.00. The van der Waals surface area contributed by atoms with Crippen molar-refractivity contribution >= 4 is 5.91 Å². The van der Waals surface area contributed by atoms with Crippen LogP contribution in [-0.4, -0.2) is 19.0 Å². The summed E-state index contributed by atoms with van der Waals surface area (Å²) in [7, 11) is 0. The first kappa shape index (κ1) is 17.4. The van der Waals surface area contributed by atoms with Crippen LogP contribution in [0.1, 0.15) is 77.6 Å². The molecule has 0 aromatic rings. The first-order valence-corrected chi connectivity index (χ1v) is 7.78. The number of hydrogen-bond donors (Lipinski definition) is 2. The van der Waals surface area contributed by atoms with Crippen LogP contribution >= 0.6 is 0 Å². The molecule has 0 radical (unpaired) electrons. The Bertz CT molecular complexity index is 183. The molecule has 3 nitrogen and oxygen atoms in total. The second-order valence-electron chi connectivity index (χ2n) is 5.07. The van der Waals surface area contributed by atoms with Gasteiger partial charge >= 0.3 is 0 Å². The quantitative estimate of drug-likeness (QED) is 0.496. The second kappa shape index (κ2) is 14.5. The van der Waals surface area contributed by atoms with Gasteiger partial charge in [-0.25, -0.2) is 0 Å². The van der Waals surface area contributed by atoms with Crippen LogP contribution in [-0.2, 0) is 4.79 Å². The molecule has 0 atom stereocenters. The van der Waals surface area contributed by atoms with E-state index in [-0.39, 0.29) is 5.91 Å². The molecule has 0 saturated carbocycles. The smallest absolute Gasteiger partial charge is 0.219 e. The molecule has 0 fully saturated rings. The fourth-order valence-corrected chi connectivity index (χ4v) is 2.00. The fourth-order valence-electron chi connectivity index (χ4n) is 2.00. The van der Waals surface area contributed by atoms with Crippen LogP contribution in [0.5, 0.6) is 0 Å². The highest BCUT2D eigenvalue weighted by molar-refractivity contribution is 5.75. The zero-order valence-corrected chi connectivity index (χ0v) is 12.2. The van der Waals surface area contributed by atoms with Gasteiger partial charge in [-0.05, 0) is 25.8 Å². The van der Waals surface area contributed by atoms with Crippen molar-refractivity contribution in [3.63, 3.8) is 0 Å². The van der Waals surface area contributed by atoms with E-state index in [1.165, 1.54) is 44.9 Å². The third-order valence-corrected chi connectivity index (χ3v) is 3.21. The summed E-state index contributed by atoms with van der Waals surface area (Å²) in [6.45, 7) is 3.86. The molecule has 108 valence electrons. The van der Waals surface area contributed by atoms with E-state index < -0.39 is 0 Å². The maximum atomic E-state index is 11.5. The van der Waals surface area contributed by atoms with Gasteiger partial charge < -0.3 is 11.1 Å². The summed E-state index contributed by atoms with van der Waals surface area (Å²) in [5.41, 5.74) is 5.43. The molecule has 0 aliphatic heterocycles. The van der Waals surface area contributed by atoms with Crippen LogP contribution in [0.3, 0.4) is 0 Å². The first-order chi connectivity index (χ1) is 8.81. The normalized spacial score (nSPS) is 10.6. The van der Waals surface area contributed by atoms with E-state index in [0.29, 0.717) is 6.42 Å². The lowest BCUT2D eigenvalue weighted by Gasteiger charge is -2.05. The lowest BCUT2D eigenvalue weighted by molar-refractivity contribution is -0.121. The molecule has 0 aromatic carbocycles. The van der Waals surface area contributed by atoms with E-state index in [0.717, 1.165) is 32.4 Å². The number of carbonyl (C=O) groups excluding carboxylic acids is 1. The van der Waals surface area contributed by atoms with Gasteiger partial charge in [0.05, 0.1) is 0 Å². The van der Waals surface area contributed by atoms with Crippen molar-refractivity contribution in [3.05, 3.63) is 0 Å². The van der Waals surface area contributed by atoms with Crippen LogP contribution in [0.25, 0.3) is 0 Å².